The number of carbonyl (C=O) groups is 1. The third-order valence-corrected chi connectivity index (χ3v) is 5.93. The second-order valence-electron chi connectivity index (χ2n) is 4.28. The number of hydrogen-bond donors (Lipinski definition) is 1. The quantitative estimate of drug-likeness (QED) is 0.808. The van der Waals surface area contributed by atoms with E-state index < -0.39 is 16.0 Å². The number of aromatic nitrogens is 1. The van der Waals surface area contributed by atoms with Crippen LogP contribution in [0.3, 0.4) is 0 Å². The normalized spacial score (nSPS) is 14.9. The van der Waals surface area contributed by atoms with Gasteiger partial charge in [0.25, 0.3) is 10.0 Å². The summed E-state index contributed by atoms with van der Waals surface area (Å²) in [7, 11) is -2.56. The zero-order valence-corrected chi connectivity index (χ0v) is 13.0. The Bertz CT molecular complexity index is 539. The van der Waals surface area contributed by atoms with Crippen molar-refractivity contribution in [1.29, 1.82) is 0 Å². The van der Waals surface area contributed by atoms with Crippen molar-refractivity contribution in [3.05, 3.63) is 11.2 Å². The minimum absolute atomic E-state index is 0.102. The maximum absolute atomic E-state index is 12.2. The fourth-order valence-corrected chi connectivity index (χ4v) is 3.93. The van der Waals surface area contributed by atoms with Crippen LogP contribution in [0, 0.1) is 5.92 Å². The third kappa shape index (κ3) is 3.74. The van der Waals surface area contributed by atoms with Crippen molar-refractivity contribution in [1.82, 2.24) is 9.71 Å². The molecule has 0 spiro atoms. The lowest BCUT2D eigenvalue weighted by Gasteiger charge is -2.19. The van der Waals surface area contributed by atoms with Crippen molar-refractivity contribution < 1.29 is 17.9 Å². The second kappa shape index (κ2) is 6.44. The summed E-state index contributed by atoms with van der Waals surface area (Å²) in [5, 5.41) is 0. The maximum Gasteiger partial charge on any atom is 0.358 e. The van der Waals surface area contributed by atoms with E-state index >= 15 is 0 Å². The molecule has 1 heterocycles. The average molecular weight is 306 g/mol. The van der Waals surface area contributed by atoms with Crippen molar-refractivity contribution in [3.8, 4) is 0 Å². The molecule has 0 bridgehead atoms. The molecule has 19 heavy (non-hydrogen) atoms. The number of esters is 1. The van der Waals surface area contributed by atoms with E-state index in [0.29, 0.717) is 0 Å². The first-order chi connectivity index (χ1) is 8.83. The zero-order valence-electron chi connectivity index (χ0n) is 11.3. The van der Waals surface area contributed by atoms with Crippen molar-refractivity contribution in [3.63, 3.8) is 0 Å². The first-order valence-corrected chi connectivity index (χ1v) is 8.23. The van der Waals surface area contributed by atoms with Crippen LogP contribution in [0.4, 0.5) is 0 Å². The van der Waals surface area contributed by atoms with E-state index in [0.717, 1.165) is 17.8 Å². The van der Waals surface area contributed by atoms with E-state index in [-0.39, 0.29) is 21.9 Å². The molecule has 1 aromatic rings. The molecular weight excluding hydrogens is 288 g/mol. The molecular formula is C11H18N2O4S2. The molecule has 0 saturated heterocycles. The van der Waals surface area contributed by atoms with Crippen LogP contribution >= 0.6 is 11.3 Å². The van der Waals surface area contributed by atoms with E-state index in [1.807, 2.05) is 13.8 Å². The van der Waals surface area contributed by atoms with Crippen LogP contribution in [0.2, 0.25) is 0 Å². The third-order valence-electron chi connectivity index (χ3n) is 3.00. The van der Waals surface area contributed by atoms with Gasteiger partial charge in [0.05, 0.1) is 12.6 Å². The predicted octanol–water partition coefficient (Wildman–Crippen LogP) is 1.64. The number of ether oxygens (including phenoxy) is 1. The molecule has 0 fully saturated rings. The van der Waals surface area contributed by atoms with Crippen LogP contribution in [-0.4, -0.2) is 32.5 Å². The molecule has 0 aromatic carbocycles. The molecule has 108 valence electrons. The maximum atomic E-state index is 12.2. The summed E-state index contributed by atoms with van der Waals surface area (Å²) in [6.07, 6.45) is 0.857. The lowest BCUT2D eigenvalue weighted by molar-refractivity contribution is 0.0590. The van der Waals surface area contributed by atoms with E-state index in [9.17, 15) is 13.2 Å². The van der Waals surface area contributed by atoms with Gasteiger partial charge >= 0.3 is 5.97 Å². The van der Waals surface area contributed by atoms with Crippen LogP contribution < -0.4 is 4.72 Å². The van der Waals surface area contributed by atoms with E-state index in [2.05, 4.69) is 14.4 Å². The average Bonchev–Trinajstić information content (AvgIpc) is 2.86. The van der Waals surface area contributed by atoms with Gasteiger partial charge in [-0.3, -0.25) is 0 Å². The monoisotopic (exact) mass is 306 g/mol. The number of nitrogens with one attached hydrogen (secondary N) is 1. The number of sulfonamides is 1. The summed E-state index contributed by atoms with van der Waals surface area (Å²) in [6, 6.07) is -0.220. The summed E-state index contributed by atoms with van der Waals surface area (Å²) >= 11 is 0.899. The van der Waals surface area contributed by atoms with Gasteiger partial charge in [-0.25, -0.2) is 22.9 Å². The van der Waals surface area contributed by atoms with Crippen molar-refractivity contribution in [2.45, 2.75) is 37.4 Å². The Hall–Kier alpha value is -0.990. The fraction of sp³-hybridized carbons (Fsp3) is 0.636. The van der Waals surface area contributed by atoms with Crippen molar-refractivity contribution in [2.24, 2.45) is 5.92 Å². The fourth-order valence-electron chi connectivity index (χ4n) is 1.43. The molecule has 2 unspecified atom stereocenters. The Balaban J connectivity index is 3.02. The molecule has 1 aromatic heterocycles. The van der Waals surface area contributed by atoms with Gasteiger partial charge in [0.1, 0.15) is 0 Å². The lowest BCUT2D eigenvalue weighted by atomic mass is 10.0. The van der Waals surface area contributed by atoms with Gasteiger partial charge in [0, 0.05) is 6.04 Å². The molecule has 1 N–H and O–H groups in total. The molecule has 0 radical (unpaired) electrons. The number of thiazole rings is 1. The highest BCUT2D eigenvalue weighted by Crippen LogP contribution is 2.22. The molecule has 1 rings (SSSR count). The summed E-state index contributed by atoms with van der Waals surface area (Å²) < 4.78 is 31.4. The van der Waals surface area contributed by atoms with E-state index in [1.54, 1.807) is 6.92 Å². The molecule has 0 aliphatic heterocycles. The smallest absolute Gasteiger partial charge is 0.358 e. The van der Waals surface area contributed by atoms with Crippen LogP contribution in [-0.2, 0) is 14.8 Å². The zero-order chi connectivity index (χ0) is 14.6. The molecule has 0 amide bonds. The molecule has 6 nitrogen and oxygen atoms in total. The number of hydrogen-bond acceptors (Lipinski definition) is 6. The van der Waals surface area contributed by atoms with Gasteiger partial charge in [-0.05, 0) is 12.8 Å². The van der Waals surface area contributed by atoms with Crippen LogP contribution in [0.15, 0.2) is 9.72 Å². The van der Waals surface area contributed by atoms with Crippen LogP contribution in [0.5, 0.6) is 0 Å². The Labute approximate surface area is 117 Å². The van der Waals surface area contributed by atoms with Gasteiger partial charge < -0.3 is 4.74 Å². The number of nitrogens with zero attached hydrogens (tertiary/aromatic N) is 1. The molecule has 8 heteroatoms. The first kappa shape index (κ1) is 16.1. The highest BCUT2D eigenvalue weighted by Gasteiger charge is 2.28. The molecule has 0 aliphatic carbocycles. The van der Waals surface area contributed by atoms with Crippen LogP contribution in [0.25, 0.3) is 0 Å². The summed E-state index contributed by atoms with van der Waals surface area (Å²) in [4.78, 5) is 15.2. The summed E-state index contributed by atoms with van der Waals surface area (Å²) in [5.74, 6) is -0.554. The number of carbonyl (C=O) groups excluding carboxylic acids is 1. The topological polar surface area (TPSA) is 85.4 Å². The highest BCUT2D eigenvalue weighted by molar-refractivity contribution is 7.91. The Morgan fingerprint density at radius 3 is 2.68 bits per heavy atom. The summed E-state index contributed by atoms with van der Waals surface area (Å²) in [5.41, 5.74) is 1.14. The van der Waals surface area contributed by atoms with Crippen molar-refractivity contribution in [2.75, 3.05) is 7.11 Å². The highest BCUT2D eigenvalue weighted by atomic mass is 32.2. The minimum atomic E-state index is -3.75. The Kier molecular flexibility index (Phi) is 5.45. The van der Waals surface area contributed by atoms with Gasteiger partial charge in [0.15, 0.2) is 9.90 Å². The number of methoxy groups -OCH3 is 1. The Morgan fingerprint density at radius 1 is 1.53 bits per heavy atom. The van der Waals surface area contributed by atoms with Crippen molar-refractivity contribution >= 4 is 27.3 Å². The predicted molar refractivity (Wildman–Crippen MR) is 72.7 cm³/mol. The first-order valence-electron chi connectivity index (χ1n) is 5.87. The Morgan fingerprint density at radius 2 is 2.16 bits per heavy atom. The van der Waals surface area contributed by atoms with Gasteiger partial charge in [-0.15, -0.1) is 11.3 Å². The lowest BCUT2D eigenvalue weighted by Crippen LogP contribution is -2.37. The van der Waals surface area contributed by atoms with Gasteiger partial charge in [0.2, 0.25) is 0 Å². The molecule has 0 saturated carbocycles. The van der Waals surface area contributed by atoms with Gasteiger partial charge in [-0.1, -0.05) is 20.3 Å². The second-order valence-corrected chi connectivity index (χ2v) is 7.04. The van der Waals surface area contributed by atoms with E-state index in [4.69, 9.17) is 0 Å². The molecule has 2 atom stereocenters. The van der Waals surface area contributed by atoms with Crippen LogP contribution in [0.1, 0.15) is 37.7 Å². The largest absolute Gasteiger partial charge is 0.464 e. The SMILES string of the molecule is CCC(C)C(C)NS(=O)(=O)c1scnc1C(=O)OC. The standard InChI is InChI=1S/C11H18N2O4S2/c1-5-7(2)8(3)13-19(15,16)11-9(10(14)17-4)12-6-18-11/h6-8,13H,5H2,1-4H3. The van der Waals surface area contributed by atoms with Gasteiger partial charge in [-0.2, -0.15) is 0 Å². The number of rotatable bonds is 6. The molecule has 0 aliphatic rings. The van der Waals surface area contributed by atoms with E-state index in [1.165, 1.54) is 12.6 Å². The summed E-state index contributed by atoms with van der Waals surface area (Å²) in [6.45, 7) is 5.74. The minimum Gasteiger partial charge on any atom is -0.464 e.